The van der Waals surface area contributed by atoms with Crippen LogP contribution in [0.25, 0.3) is 0 Å². The zero-order valence-electron chi connectivity index (χ0n) is 9.00. The summed E-state index contributed by atoms with van der Waals surface area (Å²) in [5.41, 5.74) is 0. The fourth-order valence-corrected chi connectivity index (χ4v) is 1.83. The van der Waals surface area contributed by atoms with E-state index < -0.39 is 0 Å². The Balaban J connectivity index is 2.55. The number of carbonyl (C=O) groups is 1. The second-order valence-corrected chi connectivity index (χ2v) is 4.18. The third-order valence-electron chi connectivity index (χ3n) is 2.97. The Morgan fingerprint density at radius 1 is 1.46 bits per heavy atom. The quantitative estimate of drug-likeness (QED) is 0.705. The van der Waals surface area contributed by atoms with Crippen LogP contribution in [0.5, 0.6) is 0 Å². The second-order valence-electron chi connectivity index (χ2n) is 4.18. The van der Waals surface area contributed by atoms with Gasteiger partial charge in [-0.05, 0) is 27.8 Å². The van der Waals surface area contributed by atoms with Gasteiger partial charge in [-0.2, -0.15) is 0 Å². The first-order chi connectivity index (χ1) is 6.06. The van der Waals surface area contributed by atoms with Gasteiger partial charge in [0.1, 0.15) is 0 Å². The summed E-state index contributed by atoms with van der Waals surface area (Å²) in [5.74, 6) is 0.794. The number of amides is 1. The van der Waals surface area contributed by atoms with Gasteiger partial charge in [0.15, 0.2) is 0 Å². The molecule has 2 atom stereocenters. The van der Waals surface area contributed by atoms with Gasteiger partial charge in [0.05, 0.1) is 0 Å². The van der Waals surface area contributed by atoms with Crippen molar-refractivity contribution in [3.8, 4) is 0 Å². The van der Waals surface area contributed by atoms with E-state index in [0.29, 0.717) is 30.3 Å². The Labute approximate surface area is 80.5 Å². The minimum absolute atomic E-state index is 0.308. The molecule has 0 saturated carbocycles. The van der Waals surface area contributed by atoms with Crippen molar-refractivity contribution in [2.24, 2.45) is 5.92 Å². The molecule has 2 unspecified atom stereocenters. The van der Waals surface area contributed by atoms with Crippen LogP contribution in [-0.2, 0) is 4.79 Å². The summed E-state index contributed by atoms with van der Waals surface area (Å²) in [7, 11) is 1.95. The van der Waals surface area contributed by atoms with Crippen molar-refractivity contribution in [1.29, 1.82) is 0 Å². The molecule has 3 heteroatoms. The van der Waals surface area contributed by atoms with E-state index in [1.165, 1.54) is 0 Å². The third kappa shape index (κ3) is 2.21. The molecule has 1 rings (SSSR count). The monoisotopic (exact) mass is 184 g/mol. The molecule has 1 N–H and O–H groups in total. The van der Waals surface area contributed by atoms with Gasteiger partial charge in [0, 0.05) is 31.0 Å². The van der Waals surface area contributed by atoms with E-state index in [1.54, 1.807) is 0 Å². The molecule has 0 radical (unpaired) electrons. The van der Waals surface area contributed by atoms with Crippen LogP contribution in [0, 0.1) is 5.92 Å². The van der Waals surface area contributed by atoms with Crippen molar-refractivity contribution in [1.82, 2.24) is 10.2 Å². The van der Waals surface area contributed by atoms with Gasteiger partial charge in [-0.3, -0.25) is 4.79 Å². The summed E-state index contributed by atoms with van der Waals surface area (Å²) < 4.78 is 0. The molecule has 1 fully saturated rings. The molecule has 1 aliphatic rings. The molecule has 0 bridgehead atoms. The highest BCUT2D eigenvalue weighted by Crippen LogP contribution is 2.22. The van der Waals surface area contributed by atoms with E-state index in [2.05, 4.69) is 26.1 Å². The lowest BCUT2D eigenvalue weighted by Crippen LogP contribution is -2.35. The summed E-state index contributed by atoms with van der Waals surface area (Å²) in [6.07, 6.45) is 0.709. The van der Waals surface area contributed by atoms with E-state index in [4.69, 9.17) is 0 Å². The smallest absolute Gasteiger partial charge is 0.223 e. The fraction of sp³-hybridized carbons (Fsp3) is 0.900. The molecule has 1 heterocycles. The largest absolute Gasteiger partial charge is 0.340 e. The first-order valence-electron chi connectivity index (χ1n) is 5.03. The van der Waals surface area contributed by atoms with Crippen LogP contribution >= 0.6 is 0 Å². The SMILES string of the molecule is CNC(C)C1CC(=O)N(C(C)C)C1. The number of likely N-dealkylation sites (tertiary alicyclic amines) is 1. The van der Waals surface area contributed by atoms with Gasteiger partial charge < -0.3 is 10.2 Å². The maximum absolute atomic E-state index is 11.5. The van der Waals surface area contributed by atoms with Gasteiger partial charge >= 0.3 is 0 Å². The summed E-state index contributed by atoms with van der Waals surface area (Å²) in [4.78, 5) is 13.5. The Kier molecular flexibility index (Phi) is 3.31. The van der Waals surface area contributed by atoms with Crippen LogP contribution in [0.1, 0.15) is 27.2 Å². The van der Waals surface area contributed by atoms with Crippen molar-refractivity contribution in [2.45, 2.75) is 39.3 Å². The van der Waals surface area contributed by atoms with Crippen molar-refractivity contribution in [2.75, 3.05) is 13.6 Å². The van der Waals surface area contributed by atoms with Gasteiger partial charge in [0.2, 0.25) is 5.91 Å². The molecular weight excluding hydrogens is 164 g/mol. The first-order valence-corrected chi connectivity index (χ1v) is 5.03. The van der Waals surface area contributed by atoms with Gasteiger partial charge in [-0.1, -0.05) is 0 Å². The molecule has 1 saturated heterocycles. The summed E-state index contributed by atoms with van der Waals surface area (Å²) in [6.45, 7) is 7.20. The molecule has 1 amide bonds. The number of rotatable bonds is 3. The van der Waals surface area contributed by atoms with E-state index in [9.17, 15) is 4.79 Å². The lowest BCUT2D eigenvalue weighted by Gasteiger charge is -2.22. The molecule has 1 aliphatic heterocycles. The molecule has 0 aromatic carbocycles. The van der Waals surface area contributed by atoms with Crippen molar-refractivity contribution < 1.29 is 4.79 Å². The Morgan fingerprint density at radius 2 is 2.08 bits per heavy atom. The highest BCUT2D eigenvalue weighted by Gasteiger charge is 2.33. The number of nitrogens with zero attached hydrogens (tertiary/aromatic N) is 1. The standard InChI is InChI=1S/C10H20N2O/c1-7(2)12-6-9(5-10(12)13)8(3)11-4/h7-9,11H,5-6H2,1-4H3. The normalized spacial score (nSPS) is 25.8. The summed E-state index contributed by atoms with van der Waals surface area (Å²) in [5, 5.41) is 3.21. The zero-order chi connectivity index (χ0) is 10.0. The van der Waals surface area contributed by atoms with E-state index in [-0.39, 0.29) is 0 Å². The molecule has 0 aromatic rings. The Bertz CT molecular complexity index is 191. The average molecular weight is 184 g/mol. The van der Waals surface area contributed by atoms with E-state index >= 15 is 0 Å². The maximum atomic E-state index is 11.5. The number of hydrogen-bond acceptors (Lipinski definition) is 2. The fourth-order valence-electron chi connectivity index (χ4n) is 1.83. The van der Waals surface area contributed by atoms with Gasteiger partial charge in [0.25, 0.3) is 0 Å². The highest BCUT2D eigenvalue weighted by molar-refractivity contribution is 5.79. The van der Waals surface area contributed by atoms with Crippen LogP contribution in [0.3, 0.4) is 0 Å². The zero-order valence-corrected chi connectivity index (χ0v) is 9.00. The molecule has 13 heavy (non-hydrogen) atoms. The predicted molar refractivity (Wildman–Crippen MR) is 53.5 cm³/mol. The summed E-state index contributed by atoms with van der Waals surface area (Å²) >= 11 is 0. The highest BCUT2D eigenvalue weighted by atomic mass is 16.2. The first kappa shape index (κ1) is 10.5. The molecule has 0 aromatic heterocycles. The van der Waals surface area contributed by atoms with Crippen LogP contribution in [0.15, 0.2) is 0 Å². The maximum Gasteiger partial charge on any atom is 0.223 e. The minimum atomic E-state index is 0.308. The summed E-state index contributed by atoms with van der Waals surface area (Å²) in [6, 6.07) is 0.786. The van der Waals surface area contributed by atoms with Crippen molar-refractivity contribution in [3.05, 3.63) is 0 Å². The van der Waals surface area contributed by atoms with Crippen LogP contribution in [0.4, 0.5) is 0 Å². The lowest BCUT2D eigenvalue weighted by molar-refractivity contribution is -0.129. The minimum Gasteiger partial charge on any atom is -0.340 e. The van der Waals surface area contributed by atoms with Crippen LogP contribution < -0.4 is 5.32 Å². The second kappa shape index (κ2) is 4.09. The number of carbonyl (C=O) groups excluding carboxylic acids is 1. The molecular formula is C10H20N2O. The molecule has 0 aliphatic carbocycles. The topological polar surface area (TPSA) is 32.3 Å². The van der Waals surface area contributed by atoms with Crippen molar-refractivity contribution >= 4 is 5.91 Å². The lowest BCUT2D eigenvalue weighted by atomic mass is 10.0. The van der Waals surface area contributed by atoms with Crippen LogP contribution in [0.2, 0.25) is 0 Å². The Morgan fingerprint density at radius 3 is 2.46 bits per heavy atom. The van der Waals surface area contributed by atoms with Crippen molar-refractivity contribution in [3.63, 3.8) is 0 Å². The van der Waals surface area contributed by atoms with E-state index in [1.807, 2.05) is 11.9 Å². The predicted octanol–water partition coefficient (Wildman–Crippen LogP) is 0.851. The molecule has 0 spiro atoms. The van der Waals surface area contributed by atoms with E-state index in [0.717, 1.165) is 6.54 Å². The van der Waals surface area contributed by atoms with Gasteiger partial charge in [-0.15, -0.1) is 0 Å². The van der Waals surface area contributed by atoms with Crippen LogP contribution in [-0.4, -0.2) is 36.5 Å². The Hall–Kier alpha value is -0.570. The average Bonchev–Trinajstić information content (AvgIpc) is 2.46. The third-order valence-corrected chi connectivity index (χ3v) is 2.97. The molecule has 76 valence electrons. The molecule has 3 nitrogen and oxygen atoms in total. The number of nitrogens with one attached hydrogen (secondary N) is 1. The van der Waals surface area contributed by atoms with Gasteiger partial charge in [-0.25, -0.2) is 0 Å². The number of hydrogen-bond donors (Lipinski definition) is 1.